The van der Waals surface area contributed by atoms with Gasteiger partial charge in [0.15, 0.2) is 5.65 Å². The summed E-state index contributed by atoms with van der Waals surface area (Å²) >= 11 is 0. The third-order valence-electron chi connectivity index (χ3n) is 4.80. The summed E-state index contributed by atoms with van der Waals surface area (Å²) in [5, 5.41) is 7.05. The van der Waals surface area contributed by atoms with Crippen molar-refractivity contribution in [1.82, 2.24) is 19.5 Å². The van der Waals surface area contributed by atoms with E-state index in [1.165, 1.54) is 0 Å². The lowest BCUT2D eigenvalue weighted by molar-refractivity contribution is -0.117. The molecular formula is C20H23N5O3. The van der Waals surface area contributed by atoms with Crippen molar-refractivity contribution in [2.75, 3.05) is 32.1 Å². The van der Waals surface area contributed by atoms with Gasteiger partial charge in [0.25, 0.3) is 0 Å². The zero-order chi connectivity index (χ0) is 19.3. The number of methoxy groups -OCH3 is 1. The first-order chi connectivity index (χ1) is 13.7. The van der Waals surface area contributed by atoms with Gasteiger partial charge in [-0.1, -0.05) is 12.1 Å². The lowest BCUT2D eigenvalue weighted by Gasteiger charge is -2.31. The molecule has 0 radical (unpaired) electrons. The Morgan fingerprint density at radius 3 is 2.86 bits per heavy atom. The molecule has 1 aliphatic rings. The van der Waals surface area contributed by atoms with E-state index < -0.39 is 0 Å². The minimum Gasteiger partial charge on any atom is -0.495 e. The molecule has 146 valence electrons. The smallest absolute Gasteiger partial charge is 0.238 e. The van der Waals surface area contributed by atoms with Crippen LogP contribution in [0.4, 0.5) is 5.69 Å². The first kappa shape index (κ1) is 18.2. The quantitative estimate of drug-likeness (QED) is 0.705. The van der Waals surface area contributed by atoms with Gasteiger partial charge in [-0.05, 0) is 25.0 Å². The molecule has 28 heavy (non-hydrogen) atoms. The standard InChI is InChI=1S/C20H23N5O3/c1-27-17-5-3-2-4-16(17)22-19(26)14-24-11-7-15(8-12-24)28-20-9-13-25-18(23-20)6-10-21-25/h2-6,9-10,13,15H,7-8,11-12,14H2,1H3,(H,22,26). The van der Waals surface area contributed by atoms with E-state index in [9.17, 15) is 4.79 Å². The number of rotatable bonds is 6. The Bertz CT molecular complexity index is 950. The summed E-state index contributed by atoms with van der Waals surface area (Å²) in [7, 11) is 1.59. The lowest BCUT2D eigenvalue weighted by atomic mass is 10.1. The highest BCUT2D eigenvalue weighted by Gasteiger charge is 2.22. The molecule has 1 saturated heterocycles. The summed E-state index contributed by atoms with van der Waals surface area (Å²) in [5.41, 5.74) is 1.46. The first-order valence-electron chi connectivity index (χ1n) is 9.33. The number of hydrogen-bond acceptors (Lipinski definition) is 6. The number of carbonyl (C=O) groups is 1. The predicted octanol–water partition coefficient (Wildman–Crippen LogP) is 2.22. The molecule has 1 N–H and O–H groups in total. The molecule has 8 heteroatoms. The van der Waals surface area contributed by atoms with Crippen LogP contribution in [0.5, 0.6) is 11.6 Å². The molecule has 1 aromatic carbocycles. The molecular weight excluding hydrogens is 358 g/mol. The van der Waals surface area contributed by atoms with Gasteiger partial charge in [0, 0.05) is 31.4 Å². The molecule has 0 spiro atoms. The Morgan fingerprint density at radius 2 is 2.04 bits per heavy atom. The van der Waals surface area contributed by atoms with Crippen molar-refractivity contribution in [3.63, 3.8) is 0 Å². The molecule has 3 heterocycles. The largest absolute Gasteiger partial charge is 0.495 e. The number of aromatic nitrogens is 3. The molecule has 4 rings (SSSR count). The molecule has 8 nitrogen and oxygen atoms in total. The van der Waals surface area contributed by atoms with Crippen LogP contribution in [0.25, 0.3) is 5.65 Å². The fraction of sp³-hybridized carbons (Fsp3) is 0.350. The number of ether oxygens (including phenoxy) is 2. The molecule has 0 atom stereocenters. The monoisotopic (exact) mass is 381 g/mol. The summed E-state index contributed by atoms with van der Waals surface area (Å²) in [5.74, 6) is 1.22. The van der Waals surface area contributed by atoms with Crippen LogP contribution in [0.15, 0.2) is 48.8 Å². The van der Waals surface area contributed by atoms with Gasteiger partial charge in [0.05, 0.1) is 25.5 Å². The van der Waals surface area contributed by atoms with E-state index in [0.29, 0.717) is 23.9 Å². The summed E-state index contributed by atoms with van der Waals surface area (Å²) in [6.45, 7) is 1.96. The molecule has 0 bridgehead atoms. The third-order valence-corrected chi connectivity index (χ3v) is 4.80. The first-order valence-corrected chi connectivity index (χ1v) is 9.33. The van der Waals surface area contributed by atoms with E-state index in [2.05, 4.69) is 20.3 Å². The zero-order valence-corrected chi connectivity index (χ0v) is 15.7. The Balaban J connectivity index is 1.26. The van der Waals surface area contributed by atoms with E-state index in [-0.39, 0.29) is 12.0 Å². The van der Waals surface area contributed by atoms with Gasteiger partial charge in [0.1, 0.15) is 11.9 Å². The fourth-order valence-corrected chi connectivity index (χ4v) is 3.36. The topological polar surface area (TPSA) is 81.0 Å². The van der Waals surface area contributed by atoms with E-state index in [1.54, 1.807) is 17.8 Å². The summed E-state index contributed by atoms with van der Waals surface area (Å²) in [6, 6.07) is 11.1. The van der Waals surface area contributed by atoms with Crippen LogP contribution in [0.1, 0.15) is 12.8 Å². The van der Waals surface area contributed by atoms with Gasteiger partial charge < -0.3 is 14.8 Å². The molecule has 0 unspecified atom stereocenters. The van der Waals surface area contributed by atoms with Crippen LogP contribution in [0.2, 0.25) is 0 Å². The number of anilines is 1. The van der Waals surface area contributed by atoms with Crippen LogP contribution >= 0.6 is 0 Å². The number of para-hydroxylation sites is 2. The fourth-order valence-electron chi connectivity index (χ4n) is 3.36. The Kier molecular flexibility index (Phi) is 5.38. The van der Waals surface area contributed by atoms with Gasteiger partial charge in [-0.2, -0.15) is 10.1 Å². The summed E-state index contributed by atoms with van der Waals surface area (Å²) in [4.78, 5) is 18.9. The minimum absolute atomic E-state index is 0.0447. The maximum absolute atomic E-state index is 12.4. The van der Waals surface area contributed by atoms with Crippen molar-refractivity contribution in [3.8, 4) is 11.6 Å². The number of fused-ring (bicyclic) bond motifs is 1. The van der Waals surface area contributed by atoms with Crippen molar-refractivity contribution in [2.24, 2.45) is 0 Å². The molecule has 0 saturated carbocycles. The second-order valence-electron chi connectivity index (χ2n) is 6.74. The number of hydrogen-bond donors (Lipinski definition) is 1. The molecule has 0 aliphatic carbocycles. The highest BCUT2D eigenvalue weighted by molar-refractivity contribution is 5.93. The molecule has 1 aliphatic heterocycles. The van der Waals surface area contributed by atoms with Crippen molar-refractivity contribution >= 4 is 17.2 Å². The Hall–Kier alpha value is -3.13. The van der Waals surface area contributed by atoms with E-state index >= 15 is 0 Å². The second kappa shape index (κ2) is 8.26. The summed E-state index contributed by atoms with van der Waals surface area (Å²) < 4.78 is 13.0. The van der Waals surface area contributed by atoms with Crippen molar-refractivity contribution in [3.05, 3.63) is 48.8 Å². The summed E-state index contributed by atoms with van der Waals surface area (Å²) in [6.07, 6.45) is 5.36. The number of piperidine rings is 1. The lowest BCUT2D eigenvalue weighted by Crippen LogP contribution is -2.42. The number of carbonyl (C=O) groups excluding carboxylic acids is 1. The average Bonchev–Trinajstić information content (AvgIpc) is 3.18. The number of likely N-dealkylation sites (tertiary alicyclic amines) is 1. The molecule has 2 aromatic heterocycles. The zero-order valence-electron chi connectivity index (χ0n) is 15.7. The van der Waals surface area contributed by atoms with Gasteiger partial charge in [-0.15, -0.1) is 0 Å². The highest BCUT2D eigenvalue weighted by atomic mass is 16.5. The van der Waals surface area contributed by atoms with Crippen LogP contribution in [0.3, 0.4) is 0 Å². The second-order valence-corrected chi connectivity index (χ2v) is 6.74. The maximum atomic E-state index is 12.4. The van der Waals surface area contributed by atoms with E-state index in [1.807, 2.05) is 42.6 Å². The molecule has 3 aromatic rings. The van der Waals surface area contributed by atoms with Gasteiger partial charge in [-0.3, -0.25) is 9.69 Å². The molecule has 1 fully saturated rings. The van der Waals surface area contributed by atoms with E-state index in [0.717, 1.165) is 31.6 Å². The average molecular weight is 381 g/mol. The Labute approximate surface area is 163 Å². The number of nitrogens with one attached hydrogen (secondary N) is 1. The number of benzene rings is 1. The normalized spacial score (nSPS) is 15.5. The third kappa shape index (κ3) is 4.23. The predicted molar refractivity (Wildman–Crippen MR) is 105 cm³/mol. The van der Waals surface area contributed by atoms with Crippen LogP contribution in [0, 0.1) is 0 Å². The Morgan fingerprint density at radius 1 is 1.21 bits per heavy atom. The van der Waals surface area contributed by atoms with Crippen molar-refractivity contribution in [1.29, 1.82) is 0 Å². The van der Waals surface area contributed by atoms with Crippen molar-refractivity contribution in [2.45, 2.75) is 18.9 Å². The van der Waals surface area contributed by atoms with Gasteiger partial charge in [-0.25, -0.2) is 4.52 Å². The van der Waals surface area contributed by atoms with E-state index in [4.69, 9.17) is 9.47 Å². The van der Waals surface area contributed by atoms with Gasteiger partial charge in [0.2, 0.25) is 11.8 Å². The molecule has 1 amide bonds. The number of nitrogens with zero attached hydrogens (tertiary/aromatic N) is 4. The highest BCUT2D eigenvalue weighted by Crippen LogP contribution is 2.23. The van der Waals surface area contributed by atoms with Crippen molar-refractivity contribution < 1.29 is 14.3 Å². The number of amides is 1. The maximum Gasteiger partial charge on any atom is 0.238 e. The van der Waals surface area contributed by atoms with Crippen LogP contribution in [-0.4, -0.2) is 58.3 Å². The minimum atomic E-state index is -0.0447. The van der Waals surface area contributed by atoms with Gasteiger partial charge >= 0.3 is 0 Å². The SMILES string of the molecule is COc1ccccc1NC(=O)CN1CCC(Oc2ccn3nccc3n2)CC1. The van der Waals surface area contributed by atoms with Crippen LogP contribution in [-0.2, 0) is 4.79 Å². The van der Waals surface area contributed by atoms with Crippen LogP contribution < -0.4 is 14.8 Å².